The van der Waals surface area contributed by atoms with E-state index in [2.05, 4.69) is 10.1 Å². The minimum atomic E-state index is -0.786. The Bertz CT molecular complexity index is 1490. The van der Waals surface area contributed by atoms with Gasteiger partial charge in [-0.15, -0.1) is 0 Å². The lowest BCUT2D eigenvalue weighted by molar-refractivity contribution is 0.362. The Kier molecular flexibility index (Phi) is 5.97. The minimum absolute atomic E-state index is 0.0990. The topological polar surface area (TPSA) is 91.2 Å². The molecule has 0 atom stereocenters. The number of nitrogens with two attached hydrogens (primary N) is 1. The zero-order valence-electron chi connectivity index (χ0n) is 19.0. The quantitative estimate of drug-likeness (QED) is 0.418. The number of nitrogens with zero attached hydrogens (tertiary/aromatic N) is 5. The van der Waals surface area contributed by atoms with E-state index < -0.39 is 23.1 Å². The monoisotopic (exact) mass is 516 g/mol. The summed E-state index contributed by atoms with van der Waals surface area (Å²) in [6.45, 7) is 2.68. The fourth-order valence-electron chi connectivity index (χ4n) is 3.99. The lowest BCUT2D eigenvalue weighted by Gasteiger charge is -2.46. The van der Waals surface area contributed by atoms with Crippen LogP contribution in [0.25, 0.3) is 5.69 Å². The molecule has 2 aromatic heterocycles. The van der Waals surface area contributed by atoms with Crippen molar-refractivity contribution >= 4 is 17.4 Å². The highest BCUT2D eigenvalue weighted by Crippen LogP contribution is 2.38. The molecule has 0 amide bonds. The number of hydrogen-bond donors (Lipinski definition) is 1. The van der Waals surface area contributed by atoms with Crippen molar-refractivity contribution in [3.63, 3.8) is 0 Å². The summed E-state index contributed by atoms with van der Waals surface area (Å²) in [6.07, 6.45) is 2.62. The molecule has 8 nitrogen and oxygen atoms in total. The maximum atomic E-state index is 14.9. The van der Waals surface area contributed by atoms with Crippen LogP contribution in [0.5, 0.6) is 11.5 Å². The Hall–Kier alpha value is -3.83. The normalized spacial score (nSPS) is 14.6. The molecule has 0 unspecified atom stereocenters. The van der Waals surface area contributed by atoms with E-state index in [0.29, 0.717) is 18.9 Å². The van der Waals surface area contributed by atoms with Crippen molar-refractivity contribution in [3.05, 3.63) is 93.5 Å². The van der Waals surface area contributed by atoms with Gasteiger partial charge in [0.2, 0.25) is 0 Å². The van der Waals surface area contributed by atoms with Crippen LogP contribution in [0.4, 0.5) is 19.0 Å². The second kappa shape index (κ2) is 8.99. The third-order valence-electron chi connectivity index (χ3n) is 5.74. The molecule has 0 spiro atoms. The van der Waals surface area contributed by atoms with Crippen LogP contribution in [0.3, 0.4) is 0 Å². The Balaban J connectivity index is 1.37. The zero-order chi connectivity index (χ0) is 25.6. The van der Waals surface area contributed by atoms with Crippen molar-refractivity contribution in [2.24, 2.45) is 5.73 Å². The Morgan fingerprint density at radius 3 is 2.47 bits per heavy atom. The van der Waals surface area contributed by atoms with Gasteiger partial charge in [0.1, 0.15) is 23.0 Å². The summed E-state index contributed by atoms with van der Waals surface area (Å²) in [7, 11) is 0. The molecule has 1 fully saturated rings. The fraction of sp³-hybridized carbons (Fsp3) is 0.208. The lowest BCUT2D eigenvalue weighted by atomic mass is 9.94. The molecule has 1 aliphatic heterocycles. The molecule has 4 aromatic rings. The highest BCUT2D eigenvalue weighted by molar-refractivity contribution is 6.34. The van der Waals surface area contributed by atoms with Crippen LogP contribution in [0, 0.1) is 17.5 Å². The number of pyridine rings is 1. The Labute approximate surface area is 208 Å². The Morgan fingerprint density at radius 2 is 1.81 bits per heavy atom. The van der Waals surface area contributed by atoms with Crippen LogP contribution in [0.1, 0.15) is 12.5 Å². The minimum Gasteiger partial charge on any atom is -0.453 e. The van der Waals surface area contributed by atoms with Gasteiger partial charge in [-0.25, -0.2) is 22.9 Å². The summed E-state index contributed by atoms with van der Waals surface area (Å²) >= 11 is 6.45. The summed E-state index contributed by atoms with van der Waals surface area (Å²) < 4.78 is 50.5. The van der Waals surface area contributed by atoms with E-state index in [4.69, 9.17) is 22.1 Å². The van der Waals surface area contributed by atoms with Crippen LogP contribution in [0.2, 0.25) is 5.02 Å². The molecule has 1 saturated heterocycles. The molecule has 2 aromatic carbocycles. The van der Waals surface area contributed by atoms with E-state index in [1.165, 1.54) is 30.5 Å². The largest absolute Gasteiger partial charge is 0.453 e. The standard InChI is InChI=1S/C24H20ClF3N6O2/c1-24(29)11-33(12-24)22-21(25)20(7-8-30-22)36-19-6-5-14(9-18(19)28)34-23(35)32(13-31-34)10-15-16(26)3-2-4-17(15)27/h2-9,13H,10-12,29H2,1H3. The van der Waals surface area contributed by atoms with Crippen molar-refractivity contribution in [1.29, 1.82) is 0 Å². The first-order valence-corrected chi connectivity index (χ1v) is 11.2. The number of aromatic nitrogens is 4. The Morgan fingerprint density at radius 1 is 1.08 bits per heavy atom. The van der Waals surface area contributed by atoms with Gasteiger partial charge >= 0.3 is 5.69 Å². The molecular weight excluding hydrogens is 497 g/mol. The van der Waals surface area contributed by atoms with E-state index in [-0.39, 0.29) is 39.9 Å². The van der Waals surface area contributed by atoms with Gasteiger partial charge in [-0.3, -0.25) is 4.57 Å². The highest BCUT2D eigenvalue weighted by Gasteiger charge is 2.37. The molecule has 1 aliphatic rings. The van der Waals surface area contributed by atoms with Crippen LogP contribution in [0.15, 0.2) is 59.8 Å². The molecule has 186 valence electrons. The summed E-state index contributed by atoms with van der Waals surface area (Å²) in [4.78, 5) is 18.9. The van der Waals surface area contributed by atoms with Gasteiger partial charge in [-0.1, -0.05) is 17.7 Å². The number of anilines is 1. The number of ether oxygens (including phenoxy) is 1. The van der Waals surface area contributed by atoms with Crippen molar-refractivity contribution in [2.75, 3.05) is 18.0 Å². The van der Waals surface area contributed by atoms with Gasteiger partial charge in [0, 0.05) is 42.5 Å². The van der Waals surface area contributed by atoms with Crippen LogP contribution < -0.4 is 21.1 Å². The molecular formula is C24H20ClF3N6O2. The first-order chi connectivity index (χ1) is 17.1. The van der Waals surface area contributed by atoms with E-state index in [1.54, 1.807) is 0 Å². The number of hydrogen-bond acceptors (Lipinski definition) is 6. The fourth-order valence-corrected chi connectivity index (χ4v) is 4.26. The first-order valence-electron chi connectivity index (χ1n) is 10.9. The van der Waals surface area contributed by atoms with Gasteiger partial charge in [0.25, 0.3) is 0 Å². The molecule has 36 heavy (non-hydrogen) atoms. The third kappa shape index (κ3) is 4.42. The predicted octanol–water partition coefficient (Wildman–Crippen LogP) is 3.88. The summed E-state index contributed by atoms with van der Waals surface area (Å²) in [5.74, 6) is -1.80. The van der Waals surface area contributed by atoms with E-state index in [9.17, 15) is 18.0 Å². The average molecular weight is 517 g/mol. The highest BCUT2D eigenvalue weighted by atomic mass is 35.5. The van der Waals surface area contributed by atoms with Gasteiger partial charge < -0.3 is 15.4 Å². The second-order valence-corrected chi connectivity index (χ2v) is 9.20. The van der Waals surface area contributed by atoms with Crippen LogP contribution in [-0.2, 0) is 6.54 Å². The van der Waals surface area contributed by atoms with Gasteiger partial charge in [-0.05, 0) is 31.2 Å². The second-order valence-electron chi connectivity index (χ2n) is 8.83. The van der Waals surface area contributed by atoms with E-state index in [0.717, 1.165) is 33.8 Å². The first kappa shape index (κ1) is 23.9. The van der Waals surface area contributed by atoms with Crippen molar-refractivity contribution in [3.8, 4) is 17.2 Å². The molecule has 0 aliphatic carbocycles. The molecule has 0 bridgehead atoms. The smallest absolute Gasteiger partial charge is 0.350 e. The van der Waals surface area contributed by atoms with Crippen molar-refractivity contribution in [1.82, 2.24) is 19.3 Å². The summed E-state index contributed by atoms with van der Waals surface area (Å²) in [5, 5.41) is 4.15. The molecule has 5 rings (SSSR count). The number of benzene rings is 2. The average Bonchev–Trinajstić information content (AvgIpc) is 3.17. The van der Waals surface area contributed by atoms with E-state index in [1.807, 2.05) is 11.8 Å². The van der Waals surface area contributed by atoms with Gasteiger partial charge in [-0.2, -0.15) is 9.78 Å². The third-order valence-corrected chi connectivity index (χ3v) is 6.10. The molecule has 0 saturated carbocycles. The van der Waals surface area contributed by atoms with Gasteiger partial charge in [0.15, 0.2) is 23.1 Å². The maximum absolute atomic E-state index is 14.9. The van der Waals surface area contributed by atoms with E-state index >= 15 is 0 Å². The zero-order valence-corrected chi connectivity index (χ0v) is 19.7. The van der Waals surface area contributed by atoms with Crippen LogP contribution in [-0.4, -0.2) is 38.0 Å². The summed E-state index contributed by atoms with van der Waals surface area (Å²) in [6, 6.07) is 8.73. The maximum Gasteiger partial charge on any atom is 0.350 e. The van der Waals surface area contributed by atoms with Crippen molar-refractivity contribution < 1.29 is 17.9 Å². The number of rotatable bonds is 6. The van der Waals surface area contributed by atoms with Crippen molar-refractivity contribution in [2.45, 2.75) is 19.0 Å². The van der Waals surface area contributed by atoms with Crippen LogP contribution >= 0.6 is 11.6 Å². The number of halogens is 4. The SMILES string of the molecule is CC1(N)CN(c2nccc(Oc3ccc(-n4ncn(Cc5c(F)cccc5F)c4=O)cc3F)c2Cl)C1. The predicted molar refractivity (Wildman–Crippen MR) is 127 cm³/mol. The molecule has 0 radical (unpaired) electrons. The lowest BCUT2D eigenvalue weighted by Crippen LogP contribution is -2.65. The molecule has 2 N–H and O–H groups in total. The summed E-state index contributed by atoms with van der Waals surface area (Å²) in [5.41, 5.74) is 4.83. The molecule has 3 heterocycles. The molecule has 12 heteroatoms. The van der Waals surface area contributed by atoms with Gasteiger partial charge in [0.05, 0.1) is 12.2 Å².